The fraction of sp³-hybridized carbons (Fsp3) is 0.448. The predicted molar refractivity (Wildman–Crippen MR) is 153 cm³/mol. The van der Waals surface area contributed by atoms with E-state index in [2.05, 4.69) is 15.4 Å². The molecule has 2 unspecified atom stereocenters. The van der Waals surface area contributed by atoms with Gasteiger partial charge in [0.15, 0.2) is 33.1 Å². The number of carbonyl (C=O) groups is 4. The van der Waals surface area contributed by atoms with Gasteiger partial charge in [-0.1, -0.05) is 11.6 Å². The molecule has 3 fully saturated rings. The highest BCUT2D eigenvalue weighted by atomic mass is 35.5. The lowest BCUT2D eigenvalue weighted by Gasteiger charge is -2.42. The number of amides is 3. The number of nitrogens with one attached hydrogen (secondary N) is 2. The number of ether oxygens (including phenoxy) is 1. The van der Waals surface area contributed by atoms with Crippen LogP contribution in [0.5, 0.6) is 0 Å². The molecule has 1 aliphatic heterocycles. The SMILES string of the molecule is COC(=O)N1CC(=O)C[C@H]1C(=O)NCC1(O)C2CCC1CC(S(=O)(=O)c1cc(C(=O)Nc3cc(F)c(F)c(F)c3)ccc1Cl)C2. The van der Waals surface area contributed by atoms with Gasteiger partial charge in [0.05, 0.1) is 34.4 Å². The van der Waals surface area contributed by atoms with Gasteiger partial charge in [-0.2, -0.15) is 0 Å². The molecule has 3 amide bonds. The topological polar surface area (TPSA) is 159 Å². The van der Waals surface area contributed by atoms with Crippen LogP contribution < -0.4 is 10.6 Å². The van der Waals surface area contributed by atoms with Crippen molar-refractivity contribution in [3.63, 3.8) is 0 Å². The van der Waals surface area contributed by atoms with E-state index in [1.54, 1.807) is 0 Å². The van der Waals surface area contributed by atoms with Gasteiger partial charge in [0.25, 0.3) is 5.91 Å². The summed E-state index contributed by atoms with van der Waals surface area (Å²) in [4.78, 5) is 50.3. The number of methoxy groups -OCH3 is 1. The lowest BCUT2D eigenvalue weighted by atomic mass is 9.74. The second kappa shape index (κ2) is 12.2. The van der Waals surface area contributed by atoms with E-state index < -0.39 is 73.9 Å². The number of anilines is 1. The number of ketones is 1. The van der Waals surface area contributed by atoms with Crippen LogP contribution in [0, 0.1) is 29.3 Å². The third-order valence-corrected chi connectivity index (χ3v) is 11.6. The van der Waals surface area contributed by atoms with Gasteiger partial charge in [-0.3, -0.25) is 19.3 Å². The first-order valence-electron chi connectivity index (χ1n) is 14.0. The first-order chi connectivity index (χ1) is 21.1. The molecule has 2 bridgehead atoms. The minimum atomic E-state index is -4.16. The summed E-state index contributed by atoms with van der Waals surface area (Å²) in [6.07, 6.45) is 0.0107. The van der Waals surface area contributed by atoms with Crippen LogP contribution in [0.2, 0.25) is 5.02 Å². The quantitative estimate of drug-likeness (QED) is 0.379. The zero-order chi connectivity index (χ0) is 32.8. The molecular weight excluding hydrogens is 643 g/mol. The monoisotopic (exact) mass is 671 g/mol. The van der Waals surface area contributed by atoms with Crippen LogP contribution in [-0.2, 0) is 24.2 Å². The molecule has 5 rings (SSSR count). The number of fused-ring (bicyclic) bond motifs is 2. The van der Waals surface area contributed by atoms with Crippen LogP contribution in [0.15, 0.2) is 35.2 Å². The molecule has 0 radical (unpaired) electrons. The maximum Gasteiger partial charge on any atom is 0.410 e. The Balaban J connectivity index is 1.29. The van der Waals surface area contributed by atoms with E-state index in [0.29, 0.717) is 25.0 Å². The van der Waals surface area contributed by atoms with Gasteiger partial charge >= 0.3 is 6.09 Å². The molecule has 1 heterocycles. The van der Waals surface area contributed by atoms with Crippen molar-refractivity contribution in [2.45, 2.75) is 53.9 Å². The Bertz CT molecular complexity index is 1650. The smallest absolute Gasteiger partial charge is 0.410 e. The number of carbonyl (C=O) groups excluding carboxylic acids is 4. The van der Waals surface area contributed by atoms with Crippen molar-refractivity contribution in [2.24, 2.45) is 11.8 Å². The average Bonchev–Trinajstić information content (AvgIpc) is 3.42. The Morgan fingerprint density at radius 3 is 2.31 bits per heavy atom. The number of aliphatic hydroxyl groups is 1. The van der Waals surface area contributed by atoms with Crippen molar-refractivity contribution in [1.29, 1.82) is 0 Å². The van der Waals surface area contributed by atoms with Crippen LogP contribution in [0.4, 0.5) is 23.7 Å². The summed E-state index contributed by atoms with van der Waals surface area (Å²) in [5, 5.41) is 15.3. The number of Topliss-reactive ketones (excluding diaryl/α,β-unsaturated/α-hetero) is 1. The number of nitrogens with zero attached hydrogens (tertiary/aromatic N) is 1. The molecular formula is C29H29ClF3N3O8S. The highest BCUT2D eigenvalue weighted by Crippen LogP contribution is 2.52. The maximum absolute atomic E-state index is 13.8. The minimum Gasteiger partial charge on any atom is -0.453 e. The van der Waals surface area contributed by atoms with E-state index in [1.807, 2.05) is 0 Å². The second-order valence-corrected chi connectivity index (χ2v) is 14.1. The van der Waals surface area contributed by atoms with Gasteiger partial charge in [0, 0.05) is 36.3 Å². The molecule has 2 aliphatic carbocycles. The summed E-state index contributed by atoms with van der Waals surface area (Å²) in [7, 11) is -3.03. The van der Waals surface area contributed by atoms with Crippen molar-refractivity contribution < 1.29 is 50.6 Å². The standard InChI is InChI=1S/C29H29ClF3N3O8S/c1-44-28(40)36-12-18(37)11-23(36)27(39)34-13-29(41)15-3-4-16(29)8-19(7-15)45(42,43)24-6-14(2-5-20(24)30)26(38)35-17-9-21(31)25(33)22(32)10-17/h2,5-6,9-10,15-16,19,23,41H,3-4,7-8,11-13H2,1H3,(H,34,39)(H,35,38)/t15?,16?,19?,23-,29?/m0/s1. The summed E-state index contributed by atoms with van der Waals surface area (Å²) < 4.78 is 72.7. The van der Waals surface area contributed by atoms with Crippen LogP contribution in [-0.4, -0.2) is 79.2 Å². The zero-order valence-corrected chi connectivity index (χ0v) is 25.4. The fourth-order valence-corrected chi connectivity index (χ4v) is 9.01. The van der Waals surface area contributed by atoms with Crippen LogP contribution >= 0.6 is 11.6 Å². The summed E-state index contributed by atoms with van der Waals surface area (Å²) in [6, 6.07) is 3.53. The summed E-state index contributed by atoms with van der Waals surface area (Å²) in [5.74, 6) is -7.67. The van der Waals surface area contributed by atoms with E-state index >= 15 is 0 Å². The third-order valence-electron chi connectivity index (χ3n) is 8.95. The van der Waals surface area contributed by atoms with Gasteiger partial charge < -0.3 is 20.5 Å². The summed E-state index contributed by atoms with van der Waals surface area (Å²) in [5.41, 5.74) is -2.01. The number of hydrogen-bond acceptors (Lipinski definition) is 8. The number of likely N-dealkylation sites (tertiary alicyclic amines) is 1. The molecule has 1 saturated heterocycles. The maximum atomic E-state index is 13.8. The van der Waals surface area contributed by atoms with Crippen molar-refractivity contribution in [3.05, 3.63) is 58.4 Å². The molecule has 45 heavy (non-hydrogen) atoms. The van der Waals surface area contributed by atoms with Crippen LogP contribution in [0.1, 0.15) is 42.5 Å². The number of sulfone groups is 1. The Hall–Kier alpha value is -3.69. The molecule has 0 spiro atoms. The minimum absolute atomic E-state index is 0.0300. The van der Waals surface area contributed by atoms with Crippen LogP contribution in [0.25, 0.3) is 0 Å². The Kier molecular flexibility index (Phi) is 8.90. The van der Waals surface area contributed by atoms with Gasteiger partial charge in [-0.25, -0.2) is 26.4 Å². The average molecular weight is 672 g/mol. The van der Waals surface area contributed by atoms with Crippen molar-refractivity contribution >= 4 is 50.8 Å². The van der Waals surface area contributed by atoms with E-state index in [9.17, 15) is 45.9 Å². The fourth-order valence-electron chi connectivity index (χ4n) is 6.61. The third kappa shape index (κ3) is 6.12. The molecule has 2 saturated carbocycles. The molecule has 3 atom stereocenters. The number of hydrogen-bond donors (Lipinski definition) is 3. The second-order valence-electron chi connectivity index (χ2n) is 11.5. The van der Waals surface area contributed by atoms with E-state index in [-0.39, 0.29) is 59.3 Å². The summed E-state index contributed by atoms with van der Waals surface area (Å²) in [6.45, 7) is -0.483. The summed E-state index contributed by atoms with van der Waals surface area (Å²) >= 11 is 6.26. The largest absolute Gasteiger partial charge is 0.453 e. The lowest BCUT2D eigenvalue weighted by Crippen LogP contribution is -2.56. The normalized spacial score (nSPS) is 26.1. The molecule has 0 aromatic heterocycles. The molecule has 3 aliphatic rings. The Morgan fingerprint density at radius 1 is 1.09 bits per heavy atom. The molecule has 2 aromatic rings. The van der Waals surface area contributed by atoms with Gasteiger partial charge in [-0.05, 0) is 55.7 Å². The predicted octanol–water partition coefficient (Wildman–Crippen LogP) is 3.23. The number of halogens is 4. The van der Waals surface area contributed by atoms with Crippen molar-refractivity contribution in [2.75, 3.05) is 25.5 Å². The van der Waals surface area contributed by atoms with Gasteiger partial charge in [0.2, 0.25) is 5.91 Å². The highest BCUT2D eigenvalue weighted by molar-refractivity contribution is 7.92. The molecule has 11 nitrogen and oxygen atoms in total. The van der Waals surface area contributed by atoms with Gasteiger partial charge in [0.1, 0.15) is 6.04 Å². The lowest BCUT2D eigenvalue weighted by molar-refractivity contribution is -0.128. The van der Waals surface area contributed by atoms with Crippen LogP contribution in [0.3, 0.4) is 0 Å². The van der Waals surface area contributed by atoms with E-state index in [0.717, 1.165) is 18.1 Å². The Labute approximate surface area is 261 Å². The zero-order valence-electron chi connectivity index (χ0n) is 23.8. The number of benzene rings is 2. The first-order valence-corrected chi connectivity index (χ1v) is 15.9. The molecule has 3 N–H and O–H groups in total. The van der Waals surface area contributed by atoms with Crippen molar-refractivity contribution in [1.82, 2.24) is 10.2 Å². The van der Waals surface area contributed by atoms with E-state index in [1.165, 1.54) is 12.1 Å². The molecule has 242 valence electrons. The van der Waals surface area contributed by atoms with Gasteiger partial charge in [-0.15, -0.1) is 0 Å². The molecule has 16 heteroatoms. The van der Waals surface area contributed by atoms with E-state index in [4.69, 9.17) is 11.6 Å². The number of rotatable bonds is 7. The highest BCUT2D eigenvalue weighted by Gasteiger charge is 2.56. The van der Waals surface area contributed by atoms with Crippen molar-refractivity contribution in [3.8, 4) is 0 Å². The first kappa shape index (κ1) is 32.7. The molecule has 2 aromatic carbocycles. The Morgan fingerprint density at radius 2 is 1.71 bits per heavy atom.